The maximum absolute atomic E-state index is 8.95. The Balaban J connectivity index is 3.79. The third-order valence-electron chi connectivity index (χ3n) is 0.862. The Morgan fingerprint density at radius 1 is 1.57 bits per heavy atom. The maximum Gasteiger partial charge on any atom is 0.0899 e. The predicted octanol–water partition coefficient (Wildman–Crippen LogP) is 1.15. The van der Waals surface area contributed by atoms with E-state index in [2.05, 4.69) is 12.2 Å². The molecule has 0 amide bonds. The van der Waals surface area contributed by atoms with E-state index in [0.29, 0.717) is 4.86 Å². The molecule has 42 valence electrons. The molecule has 0 bridgehead atoms. The second kappa shape index (κ2) is 1.88. The van der Waals surface area contributed by atoms with Crippen molar-refractivity contribution in [2.75, 3.05) is 0 Å². The van der Waals surface area contributed by atoms with Gasteiger partial charge in [-0.05, 0) is 20.8 Å². The van der Waals surface area contributed by atoms with Gasteiger partial charge in [0.15, 0.2) is 0 Å². The van der Waals surface area contributed by atoms with E-state index in [1.807, 2.05) is 0 Å². The lowest BCUT2D eigenvalue weighted by atomic mass is 10.1. The van der Waals surface area contributed by atoms with Crippen molar-refractivity contribution in [2.24, 2.45) is 0 Å². The molecular formula is C5H10OS. The fourth-order valence-electron chi connectivity index (χ4n) is 0. The van der Waals surface area contributed by atoms with Crippen molar-refractivity contribution in [3.05, 3.63) is 0 Å². The van der Waals surface area contributed by atoms with Crippen LogP contribution in [0.15, 0.2) is 0 Å². The predicted molar refractivity (Wildman–Crippen MR) is 34.6 cm³/mol. The fraction of sp³-hybridized carbons (Fsp3) is 0.800. The van der Waals surface area contributed by atoms with Crippen molar-refractivity contribution in [3.8, 4) is 0 Å². The summed E-state index contributed by atoms with van der Waals surface area (Å²) >= 11 is 4.68. The number of thiocarbonyl (C=S) groups is 1. The molecule has 0 saturated heterocycles. The van der Waals surface area contributed by atoms with Crippen LogP contribution in [0.1, 0.15) is 20.8 Å². The Bertz CT molecular complexity index is 80.6. The van der Waals surface area contributed by atoms with E-state index in [0.717, 1.165) is 0 Å². The highest BCUT2D eigenvalue weighted by atomic mass is 32.1. The third-order valence-corrected chi connectivity index (χ3v) is 1.36. The smallest absolute Gasteiger partial charge is 0.0899 e. The van der Waals surface area contributed by atoms with Crippen LogP contribution in [0.3, 0.4) is 0 Å². The van der Waals surface area contributed by atoms with Gasteiger partial charge in [0, 0.05) is 4.86 Å². The van der Waals surface area contributed by atoms with Crippen molar-refractivity contribution in [1.82, 2.24) is 0 Å². The summed E-state index contributed by atoms with van der Waals surface area (Å²) in [5.41, 5.74) is -0.769. The van der Waals surface area contributed by atoms with Crippen LogP contribution in [0.4, 0.5) is 0 Å². The average Bonchev–Trinajstić information content (AvgIpc) is 1.31. The molecule has 7 heavy (non-hydrogen) atoms. The first-order valence-electron chi connectivity index (χ1n) is 2.18. The zero-order chi connectivity index (χ0) is 6.08. The van der Waals surface area contributed by atoms with Crippen molar-refractivity contribution in [2.45, 2.75) is 26.4 Å². The second-order valence-electron chi connectivity index (χ2n) is 2.12. The van der Waals surface area contributed by atoms with Crippen LogP contribution in [0.2, 0.25) is 0 Å². The molecule has 0 aromatic rings. The Hall–Kier alpha value is 0.0500. The molecule has 1 N–H and O–H groups in total. The van der Waals surface area contributed by atoms with Gasteiger partial charge in [0.25, 0.3) is 0 Å². The van der Waals surface area contributed by atoms with Gasteiger partial charge in [0.2, 0.25) is 0 Å². The monoisotopic (exact) mass is 118 g/mol. The molecule has 0 aromatic carbocycles. The molecule has 0 aromatic heterocycles. The molecule has 0 unspecified atom stereocenters. The molecule has 0 fully saturated rings. The highest BCUT2D eigenvalue weighted by Gasteiger charge is 2.13. The van der Waals surface area contributed by atoms with Gasteiger partial charge >= 0.3 is 0 Å². The standard InChI is InChI=1S/C5H10OS/c1-4(7)5(2,3)6/h6H,1-3H3. The van der Waals surface area contributed by atoms with E-state index in [4.69, 9.17) is 5.11 Å². The van der Waals surface area contributed by atoms with E-state index < -0.39 is 5.60 Å². The summed E-state index contributed by atoms with van der Waals surface area (Å²) in [5.74, 6) is 0. The van der Waals surface area contributed by atoms with Gasteiger partial charge in [-0.3, -0.25) is 0 Å². The highest BCUT2D eigenvalue weighted by molar-refractivity contribution is 7.80. The number of rotatable bonds is 1. The van der Waals surface area contributed by atoms with Crippen LogP contribution in [-0.2, 0) is 0 Å². The lowest BCUT2D eigenvalue weighted by Gasteiger charge is -2.13. The minimum absolute atomic E-state index is 0.632. The maximum atomic E-state index is 8.95. The van der Waals surface area contributed by atoms with Crippen molar-refractivity contribution in [1.29, 1.82) is 0 Å². The van der Waals surface area contributed by atoms with Gasteiger partial charge in [0.05, 0.1) is 5.60 Å². The van der Waals surface area contributed by atoms with Crippen LogP contribution in [0.25, 0.3) is 0 Å². The number of aliphatic hydroxyl groups is 1. The molecule has 0 aliphatic heterocycles. The molecular weight excluding hydrogens is 108 g/mol. The van der Waals surface area contributed by atoms with Crippen LogP contribution < -0.4 is 0 Å². The summed E-state index contributed by atoms with van der Waals surface area (Å²) in [6.07, 6.45) is 0. The molecule has 0 atom stereocenters. The zero-order valence-corrected chi connectivity index (χ0v) is 5.67. The van der Waals surface area contributed by atoms with Gasteiger partial charge in [-0.2, -0.15) is 0 Å². The number of hydrogen-bond acceptors (Lipinski definition) is 2. The van der Waals surface area contributed by atoms with Crippen LogP contribution >= 0.6 is 12.2 Å². The van der Waals surface area contributed by atoms with Crippen molar-refractivity contribution in [3.63, 3.8) is 0 Å². The quantitative estimate of drug-likeness (QED) is 0.521. The first kappa shape index (κ1) is 7.05. The van der Waals surface area contributed by atoms with Crippen molar-refractivity contribution < 1.29 is 5.11 Å². The van der Waals surface area contributed by atoms with E-state index in [9.17, 15) is 0 Å². The van der Waals surface area contributed by atoms with Gasteiger partial charge in [-0.1, -0.05) is 12.2 Å². The molecule has 0 heterocycles. The van der Waals surface area contributed by atoms with Gasteiger partial charge in [-0.25, -0.2) is 0 Å². The SMILES string of the molecule is CC(=S)C(C)(C)O. The lowest BCUT2D eigenvalue weighted by Crippen LogP contribution is -2.26. The lowest BCUT2D eigenvalue weighted by molar-refractivity contribution is 0.156. The minimum atomic E-state index is -0.769. The van der Waals surface area contributed by atoms with Gasteiger partial charge < -0.3 is 5.11 Å². The summed E-state index contributed by atoms with van der Waals surface area (Å²) < 4.78 is 0. The van der Waals surface area contributed by atoms with Gasteiger partial charge in [0.1, 0.15) is 0 Å². The van der Waals surface area contributed by atoms with E-state index in [-0.39, 0.29) is 0 Å². The molecule has 1 nitrogen and oxygen atoms in total. The minimum Gasteiger partial charge on any atom is -0.385 e. The fourth-order valence-corrected chi connectivity index (χ4v) is 0. The largest absolute Gasteiger partial charge is 0.385 e. The molecule has 0 saturated carbocycles. The van der Waals surface area contributed by atoms with E-state index >= 15 is 0 Å². The Morgan fingerprint density at radius 2 is 1.71 bits per heavy atom. The van der Waals surface area contributed by atoms with E-state index in [1.165, 1.54) is 0 Å². The van der Waals surface area contributed by atoms with E-state index in [1.54, 1.807) is 20.8 Å². The molecule has 0 aliphatic rings. The Morgan fingerprint density at radius 3 is 1.71 bits per heavy atom. The van der Waals surface area contributed by atoms with Crippen LogP contribution in [0, 0.1) is 0 Å². The molecule has 0 aliphatic carbocycles. The third kappa shape index (κ3) is 2.71. The first-order valence-corrected chi connectivity index (χ1v) is 2.59. The molecule has 0 rings (SSSR count). The summed E-state index contributed by atoms with van der Waals surface area (Å²) in [6.45, 7) is 5.08. The summed E-state index contributed by atoms with van der Waals surface area (Å²) in [7, 11) is 0. The molecule has 0 spiro atoms. The van der Waals surface area contributed by atoms with Crippen molar-refractivity contribution >= 4 is 17.1 Å². The first-order chi connectivity index (χ1) is 2.94. The number of hydrogen-bond donors (Lipinski definition) is 1. The Kier molecular flexibility index (Phi) is 1.90. The Labute approximate surface area is 49.4 Å². The topological polar surface area (TPSA) is 20.2 Å². The van der Waals surface area contributed by atoms with Crippen LogP contribution in [-0.4, -0.2) is 15.6 Å². The second-order valence-corrected chi connectivity index (χ2v) is 2.73. The summed E-state index contributed by atoms with van der Waals surface area (Å²) in [5, 5.41) is 8.95. The highest BCUT2D eigenvalue weighted by Crippen LogP contribution is 2.02. The van der Waals surface area contributed by atoms with Crippen LogP contribution in [0.5, 0.6) is 0 Å². The molecule has 2 heteroatoms. The zero-order valence-electron chi connectivity index (χ0n) is 4.86. The van der Waals surface area contributed by atoms with Gasteiger partial charge in [-0.15, -0.1) is 0 Å². The molecule has 0 radical (unpaired) electrons. The average molecular weight is 118 g/mol. The normalized spacial score (nSPS) is 11.4. The summed E-state index contributed by atoms with van der Waals surface area (Å²) in [6, 6.07) is 0. The summed E-state index contributed by atoms with van der Waals surface area (Å²) in [4.78, 5) is 0.632.